The fourth-order valence-corrected chi connectivity index (χ4v) is 3.63. The van der Waals surface area contributed by atoms with Gasteiger partial charge in [-0.2, -0.15) is 0 Å². The molecular formula is C23H29N. The van der Waals surface area contributed by atoms with E-state index < -0.39 is 0 Å². The molecule has 0 spiro atoms. The van der Waals surface area contributed by atoms with Gasteiger partial charge in [0.1, 0.15) is 0 Å². The molecule has 0 saturated carbocycles. The standard InChI is InChI=1S/C23H29N/c1-17-9-8-12-21(22(17)18-10-6-5-7-11-18)24-20-15-13-19(14-16-20)23(2,3)4/h5-7,10-11,13-16,21,24H,8-9,12H2,1-4H3. The van der Waals surface area contributed by atoms with Gasteiger partial charge < -0.3 is 5.32 Å². The van der Waals surface area contributed by atoms with Gasteiger partial charge in [0.15, 0.2) is 0 Å². The van der Waals surface area contributed by atoms with E-state index in [1.807, 2.05) is 0 Å². The fraction of sp³-hybridized carbons (Fsp3) is 0.391. The van der Waals surface area contributed by atoms with E-state index in [0.717, 1.165) is 0 Å². The molecule has 0 radical (unpaired) electrons. The van der Waals surface area contributed by atoms with E-state index in [-0.39, 0.29) is 5.41 Å². The predicted molar refractivity (Wildman–Crippen MR) is 105 cm³/mol. The van der Waals surface area contributed by atoms with Gasteiger partial charge in [0.2, 0.25) is 0 Å². The Bertz CT molecular complexity index is 702. The summed E-state index contributed by atoms with van der Waals surface area (Å²) in [5.74, 6) is 0. The lowest BCUT2D eigenvalue weighted by Gasteiger charge is -2.30. The van der Waals surface area contributed by atoms with Crippen LogP contribution in [0.2, 0.25) is 0 Å². The van der Waals surface area contributed by atoms with E-state index in [9.17, 15) is 0 Å². The van der Waals surface area contributed by atoms with Crippen LogP contribution in [0.15, 0.2) is 60.2 Å². The summed E-state index contributed by atoms with van der Waals surface area (Å²) < 4.78 is 0. The first-order chi connectivity index (χ1) is 11.4. The molecule has 0 heterocycles. The highest BCUT2D eigenvalue weighted by molar-refractivity contribution is 5.75. The average molecular weight is 319 g/mol. The molecule has 0 amide bonds. The predicted octanol–water partition coefficient (Wildman–Crippen LogP) is 6.42. The van der Waals surface area contributed by atoms with Gasteiger partial charge in [-0.05, 0) is 60.4 Å². The van der Waals surface area contributed by atoms with Crippen LogP contribution in [0.5, 0.6) is 0 Å². The normalized spacial score (nSPS) is 18.6. The summed E-state index contributed by atoms with van der Waals surface area (Å²) in [5.41, 5.74) is 7.18. The van der Waals surface area contributed by atoms with E-state index >= 15 is 0 Å². The zero-order chi connectivity index (χ0) is 17.2. The molecule has 0 aromatic heterocycles. The Morgan fingerprint density at radius 3 is 2.21 bits per heavy atom. The number of benzene rings is 2. The van der Waals surface area contributed by atoms with Gasteiger partial charge in [-0.3, -0.25) is 0 Å². The summed E-state index contributed by atoms with van der Waals surface area (Å²) >= 11 is 0. The summed E-state index contributed by atoms with van der Waals surface area (Å²) in [6.45, 7) is 9.07. The Morgan fingerprint density at radius 2 is 1.58 bits per heavy atom. The molecule has 126 valence electrons. The maximum Gasteiger partial charge on any atom is 0.0519 e. The van der Waals surface area contributed by atoms with Gasteiger partial charge in [0.25, 0.3) is 0 Å². The number of hydrogen-bond acceptors (Lipinski definition) is 1. The van der Waals surface area contributed by atoms with Crippen molar-refractivity contribution in [1.29, 1.82) is 0 Å². The molecule has 0 bridgehead atoms. The Kier molecular flexibility index (Phi) is 4.80. The highest BCUT2D eigenvalue weighted by Gasteiger charge is 2.22. The summed E-state index contributed by atoms with van der Waals surface area (Å²) in [6, 6.07) is 20.2. The molecule has 0 aliphatic heterocycles. The van der Waals surface area contributed by atoms with Crippen LogP contribution in [-0.2, 0) is 5.41 Å². The van der Waals surface area contributed by atoms with Crippen LogP contribution < -0.4 is 5.32 Å². The van der Waals surface area contributed by atoms with Gasteiger partial charge in [0.05, 0.1) is 6.04 Å². The minimum Gasteiger partial charge on any atom is -0.378 e. The van der Waals surface area contributed by atoms with Gasteiger partial charge in [-0.1, -0.05) is 68.8 Å². The Labute approximate surface area is 146 Å². The van der Waals surface area contributed by atoms with Crippen LogP contribution >= 0.6 is 0 Å². The highest BCUT2D eigenvalue weighted by Crippen LogP contribution is 2.34. The van der Waals surface area contributed by atoms with E-state index in [4.69, 9.17) is 0 Å². The molecule has 2 aromatic rings. The molecule has 1 unspecified atom stereocenters. The second-order valence-electron chi connectivity index (χ2n) is 7.98. The zero-order valence-electron chi connectivity index (χ0n) is 15.4. The second-order valence-corrected chi connectivity index (χ2v) is 7.98. The number of anilines is 1. The van der Waals surface area contributed by atoms with Crippen molar-refractivity contribution in [3.8, 4) is 0 Å². The monoisotopic (exact) mass is 319 g/mol. The molecule has 3 rings (SSSR count). The molecule has 0 fully saturated rings. The molecule has 1 nitrogen and oxygen atoms in total. The third kappa shape index (κ3) is 3.72. The first-order valence-corrected chi connectivity index (χ1v) is 9.07. The summed E-state index contributed by atoms with van der Waals surface area (Å²) in [7, 11) is 0. The van der Waals surface area contributed by atoms with Crippen molar-refractivity contribution >= 4 is 11.3 Å². The third-order valence-corrected chi connectivity index (χ3v) is 5.03. The Balaban J connectivity index is 1.84. The largest absolute Gasteiger partial charge is 0.378 e. The molecule has 0 saturated heterocycles. The molecule has 24 heavy (non-hydrogen) atoms. The number of nitrogens with one attached hydrogen (secondary N) is 1. The smallest absolute Gasteiger partial charge is 0.0519 e. The lowest BCUT2D eigenvalue weighted by Crippen LogP contribution is -2.25. The van der Waals surface area contributed by atoms with Gasteiger partial charge in [0, 0.05) is 5.69 Å². The Hall–Kier alpha value is -2.02. The summed E-state index contributed by atoms with van der Waals surface area (Å²) in [6.07, 6.45) is 3.67. The van der Waals surface area contributed by atoms with Crippen molar-refractivity contribution < 1.29 is 0 Å². The maximum atomic E-state index is 3.78. The van der Waals surface area contributed by atoms with E-state index in [2.05, 4.69) is 87.6 Å². The van der Waals surface area contributed by atoms with E-state index in [1.165, 1.54) is 47.2 Å². The van der Waals surface area contributed by atoms with Crippen molar-refractivity contribution in [3.63, 3.8) is 0 Å². The maximum absolute atomic E-state index is 3.78. The minimum absolute atomic E-state index is 0.203. The SMILES string of the molecule is CC1=C(c2ccccc2)C(Nc2ccc(C(C)(C)C)cc2)CCC1. The molecular weight excluding hydrogens is 290 g/mol. The van der Waals surface area contributed by atoms with Crippen LogP contribution in [0.3, 0.4) is 0 Å². The molecule has 1 aliphatic rings. The molecule has 2 aromatic carbocycles. The first-order valence-electron chi connectivity index (χ1n) is 9.07. The number of rotatable bonds is 3. The van der Waals surface area contributed by atoms with Crippen molar-refractivity contribution in [2.24, 2.45) is 0 Å². The van der Waals surface area contributed by atoms with Crippen LogP contribution in [0.25, 0.3) is 5.57 Å². The quantitative estimate of drug-likeness (QED) is 0.688. The Morgan fingerprint density at radius 1 is 0.917 bits per heavy atom. The topological polar surface area (TPSA) is 12.0 Å². The molecule has 1 heteroatoms. The molecule has 1 N–H and O–H groups in total. The number of hydrogen-bond donors (Lipinski definition) is 1. The first kappa shape index (κ1) is 16.8. The van der Waals surface area contributed by atoms with Crippen LogP contribution in [0.1, 0.15) is 58.1 Å². The summed E-state index contributed by atoms with van der Waals surface area (Å²) in [4.78, 5) is 0. The zero-order valence-corrected chi connectivity index (χ0v) is 15.4. The van der Waals surface area contributed by atoms with E-state index in [0.29, 0.717) is 6.04 Å². The summed E-state index contributed by atoms with van der Waals surface area (Å²) in [5, 5.41) is 3.78. The second kappa shape index (κ2) is 6.84. The van der Waals surface area contributed by atoms with Crippen LogP contribution in [0.4, 0.5) is 5.69 Å². The van der Waals surface area contributed by atoms with Gasteiger partial charge >= 0.3 is 0 Å². The van der Waals surface area contributed by atoms with E-state index in [1.54, 1.807) is 0 Å². The highest BCUT2D eigenvalue weighted by atomic mass is 14.9. The van der Waals surface area contributed by atoms with Crippen molar-refractivity contribution in [2.75, 3.05) is 5.32 Å². The van der Waals surface area contributed by atoms with Gasteiger partial charge in [-0.15, -0.1) is 0 Å². The minimum atomic E-state index is 0.203. The third-order valence-electron chi connectivity index (χ3n) is 5.03. The fourth-order valence-electron chi connectivity index (χ4n) is 3.63. The van der Waals surface area contributed by atoms with Gasteiger partial charge in [-0.25, -0.2) is 0 Å². The van der Waals surface area contributed by atoms with Crippen LogP contribution in [0, 0.1) is 0 Å². The number of allylic oxidation sites excluding steroid dienone is 1. The van der Waals surface area contributed by atoms with Crippen LogP contribution in [-0.4, -0.2) is 6.04 Å². The van der Waals surface area contributed by atoms with Crippen molar-refractivity contribution in [3.05, 3.63) is 71.3 Å². The van der Waals surface area contributed by atoms with Crippen molar-refractivity contribution in [2.45, 2.75) is 58.4 Å². The lowest BCUT2D eigenvalue weighted by atomic mass is 9.84. The lowest BCUT2D eigenvalue weighted by molar-refractivity contribution is 0.590. The van der Waals surface area contributed by atoms with Crippen molar-refractivity contribution in [1.82, 2.24) is 0 Å². The average Bonchev–Trinajstić information content (AvgIpc) is 2.55. The molecule has 1 atom stereocenters. The molecule has 1 aliphatic carbocycles.